The fourth-order valence-corrected chi connectivity index (χ4v) is 1.31. The van der Waals surface area contributed by atoms with Gasteiger partial charge in [0.15, 0.2) is 5.78 Å². The topological polar surface area (TPSA) is 43.4 Å². The maximum Gasteiger partial charge on any atom is 0.330 e. The number of hydrogen-bond acceptors (Lipinski definition) is 3. The number of halogens is 1. The Hall–Kier alpha value is -1.61. The Morgan fingerprint density at radius 3 is 2.62 bits per heavy atom. The minimum absolute atomic E-state index is 0.281. The van der Waals surface area contributed by atoms with Crippen LogP contribution in [0.15, 0.2) is 36.4 Å². The lowest BCUT2D eigenvalue weighted by molar-refractivity contribution is -0.137. The van der Waals surface area contributed by atoms with Crippen LogP contribution in [0.1, 0.15) is 17.3 Å². The van der Waals surface area contributed by atoms with E-state index in [-0.39, 0.29) is 12.4 Å². The fraction of sp³-hybridized carbons (Fsp3) is 0.167. The second-order valence-corrected chi connectivity index (χ2v) is 3.34. The molecule has 0 N–H and O–H groups in total. The molecule has 16 heavy (non-hydrogen) atoms. The standard InChI is InChI=1S/C12H11ClO3/c1-2-16-12(15)8-7-11(14)9-5-3-4-6-10(9)13/h3-8H,2H2,1H3. The molecule has 0 unspecified atom stereocenters. The van der Waals surface area contributed by atoms with Gasteiger partial charge in [0.05, 0.1) is 11.6 Å². The van der Waals surface area contributed by atoms with Crippen LogP contribution in [0.25, 0.3) is 0 Å². The first kappa shape index (κ1) is 12.5. The molecule has 4 heteroatoms. The lowest BCUT2D eigenvalue weighted by Gasteiger charge is -1.98. The molecule has 0 amide bonds. The normalized spacial score (nSPS) is 10.4. The average Bonchev–Trinajstić information content (AvgIpc) is 2.27. The molecule has 0 heterocycles. The molecule has 0 saturated heterocycles. The molecule has 0 aromatic heterocycles. The minimum Gasteiger partial charge on any atom is -0.463 e. The van der Waals surface area contributed by atoms with Gasteiger partial charge in [0.25, 0.3) is 0 Å². The fourth-order valence-electron chi connectivity index (χ4n) is 1.08. The van der Waals surface area contributed by atoms with Gasteiger partial charge in [-0.1, -0.05) is 23.7 Å². The molecule has 3 nitrogen and oxygen atoms in total. The first-order valence-corrected chi connectivity index (χ1v) is 5.16. The van der Waals surface area contributed by atoms with Crippen LogP contribution in [0.2, 0.25) is 5.02 Å². The SMILES string of the molecule is CCOC(=O)C=CC(=O)c1ccccc1Cl. The van der Waals surface area contributed by atoms with Gasteiger partial charge < -0.3 is 4.74 Å². The second-order valence-electron chi connectivity index (χ2n) is 2.93. The Morgan fingerprint density at radius 2 is 2.00 bits per heavy atom. The van der Waals surface area contributed by atoms with E-state index in [2.05, 4.69) is 4.74 Å². The Balaban J connectivity index is 2.73. The zero-order valence-electron chi connectivity index (χ0n) is 8.77. The number of ether oxygens (including phenoxy) is 1. The highest BCUT2D eigenvalue weighted by Crippen LogP contribution is 2.15. The van der Waals surface area contributed by atoms with Crippen molar-refractivity contribution in [1.82, 2.24) is 0 Å². The largest absolute Gasteiger partial charge is 0.463 e. The summed E-state index contributed by atoms with van der Waals surface area (Å²) in [7, 11) is 0. The van der Waals surface area contributed by atoms with E-state index in [9.17, 15) is 9.59 Å². The number of allylic oxidation sites excluding steroid dienone is 1. The minimum atomic E-state index is -0.539. The lowest BCUT2D eigenvalue weighted by Crippen LogP contribution is -2.01. The summed E-state index contributed by atoms with van der Waals surface area (Å²) < 4.78 is 4.65. The molecular weight excluding hydrogens is 228 g/mol. The van der Waals surface area contributed by atoms with Crippen molar-refractivity contribution < 1.29 is 14.3 Å². The number of benzene rings is 1. The van der Waals surface area contributed by atoms with E-state index in [0.717, 1.165) is 12.2 Å². The third kappa shape index (κ3) is 3.51. The van der Waals surface area contributed by atoms with Crippen LogP contribution in [0.3, 0.4) is 0 Å². The number of esters is 1. The zero-order valence-corrected chi connectivity index (χ0v) is 9.53. The Labute approximate surface area is 98.7 Å². The number of carbonyl (C=O) groups is 2. The quantitative estimate of drug-likeness (QED) is 0.460. The van der Waals surface area contributed by atoms with E-state index in [1.807, 2.05) is 0 Å². The van der Waals surface area contributed by atoms with Crippen LogP contribution < -0.4 is 0 Å². The molecule has 1 aromatic carbocycles. The van der Waals surface area contributed by atoms with Gasteiger partial charge in [-0.3, -0.25) is 4.79 Å². The van der Waals surface area contributed by atoms with E-state index in [1.54, 1.807) is 31.2 Å². The molecule has 0 bridgehead atoms. The van der Waals surface area contributed by atoms with Crippen molar-refractivity contribution in [3.05, 3.63) is 47.0 Å². The number of hydrogen-bond donors (Lipinski definition) is 0. The van der Waals surface area contributed by atoms with Crippen LogP contribution in [-0.4, -0.2) is 18.4 Å². The van der Waals surface area contributed by atoms with Gasteiger partial charge in [-0.05, 0) is 25.1 Å². The monoisotopic (exact) mass is 238 g/mol. The van der Waals surface area contributed by atoms with Crippen molar-refractivity contribution in [2.24, 2.45) is 0 Å². The summed E-state index contributed by atoms with van der Waals surface area (Å²) in [5.41, 5.74) is 0.365. The zero-order chi connectivity index (χ0) is 12.0. The van der Waals surface area contributed by atoms with Crippen LogP contribution in [0, 0.1) is 0 Å². The van der Waals surface area contributed by atoms with E-state index < -0.39 is 5.97 Å². The second kappa shape index (κ2) is 6.08. The number of carbonyl (C=O) groups excluding carboxylic acids is 2. The van der Waals surface area contributed by atoms with Crippen molar-refractivity contribution in [2.75, 3.05) is 6.61 Å². The van der Waals surface area contributed by atoms with Gasteiger partial charge in [0.2, 0.25) is 0 Å². The van der Waals surface area contributed by atoms with Gasteiger partial charge in [0, 0.05) is 11.6 Å². The molecule has 0 aliphatic carbocycles. The third-order valence-corrected chi connectivity index (χ3v) is 2.13. The molecule has 0 radical (unpaired) electrons. The van der Waals surface area contributed by atoms with Gasteiger partial charge in [-0.25, -0.2) is 4.79 Å². The average molecular weight is 239 g/mol. The Morgan fingerprint density at radius 1 is 1.31 bits per heavy atom. The molecule has 84 valence electrons. The molecule has 0 aliphatic rings. The van der Waals surface area contributed by atoms with E-state index >= 15 is 0 Å². The van der Waals surface area contributed by atoms with Gasteiger partial charge in [0.1, 0.15) is 0 Å². The Bertz CT molecular complexity index is 424. The predicted molar refractivity (Wildman–Crippen MR) is 61.6 cm³/mol. The van der Waals surface area contributed by atoms with Crippen molar-refractivity contribution in [3.8, 4) is 0 Å². The van der Waals surface area contributed by atoms with Gasteiger partial charge >= 0.3 is 5.97 Å². The summed E-state index contributed by atoms with van der Waals surface area (Å²) in [5, 5.41) is 0.362. The van der Waals surface area contributed by atoms with Gasteiger partial charge in [-0.2, -0.15) is 0 Å². The summed E-state index contributed by atoms with van der Waals surface area (Å²) >= 11 is 5.82. The third-order valence-electron chi connectivity index (χ3n) is 1.80. The van der Waals surface area contributed by atoms with Gasteiger partial charge in [-0.15, -0.1) is 0 Å². The summed E-state index contributed by atoms with van der Waals surface area (Å²) in [6, 6.07) is 6.65. The van der Waals surface area contributed by atoms with Crippen molar-refractivity contribution >= 4 is 23.4 Å². The molecule has 1 rings (SSSR count). The van der Waals surface area contributed by atoms with E-state index in [4.69, 9.17) is 11.6 Å². The first-order valence-electron chi connectivity index (χ1n) is 4.79. The van der Waals surface area contributed by atoms with E-state index in [1.165, 1.54) is 0 Å². The summed E-state index contributed by atoms with van der Waals surface area (Å²) in [4.78, 5) is 22.6. The van der Waals surface area contributed by atoms with Crippen molar-refractivity contribution in [3.63, 3.8) is 0 Å². The van der Waals surface area contributed by atoms with E-state index in [0.29, 0.717) is 10.6 Å². The van der Waals surface area contributed by atoms with Crippen LogP contribution >= 0.6 is 11.6 Å². The van der Waals surface area contributed by atoms with Crippen LogP contribution in [-0.2, 0) is 9.53 Å². The molecule has 0 atom stereocenters. The first-order chi connectivity index (χ1) is 7.65. The summed E-state index contributed by atoms with van der Waals surface area (Å²) in [6.07, 6.45) is 2.24. The Kier molecular flexibility index (Phi) is 4.73. The lowest BCUT2D eigenvalue weighted by atomic mass is 10.1. The maximum absolute atomic E-state index is 11.6. The number of ketones is 1. The van der Waals surface area contributed by atoms with Crippen LogP contribution in [0.4, 0.5) is 0 Å². The highest BCUT2D eigenvalue weighted by molar-refractivity contribution is 6.34. The molecule has 1 aromatic rings. The molecule has 0 fully saturated rings. The highest BCUT2D eigenvalue weighted by Gasteiger charge is 2.06. The highest BCUT2D eigenvalue weighted by atomic mass is 35.5. The van der Waals surface area contributed by atoms with Crippen molar-refractivity contribution in [2.45, 2.75) is 6.92 Å². The number of rotatable bonds is 4. The van der Waals surface area contributed by atoms with Crippen LogP contribution in [0.5, 0.6) is 0 Å². The molecule has 0 saturated carbocycles. The molecule has 0 aliphatic heterocycles. The molecular formula is C12H11ClO3. The van der Waals surface area contributed by atoms with Crippen molar-refractivity contribution in [1.29, 1.82) is 0 Å². The molecule has 0 spiro atoms. The summed E-state index contributed by atoms with van der Waals surface area (Å²) in [5.74, 6) is -0.860. The predicted octanol–water partition coefficient (Wildman–Crippen LogP) is 2.64. The smallest absolute Gasteiger partial charge is 0.330 e. The summed E-state index contributed by atoms with van der Waals surface area (Å²) in [6.45, 7) is 1.98. The maximum atomic E-state index is 11.6.